The Labute approximate surface area is 192 Å². The maximum atomic E-state index is 9.08. The van der Waals surface area contributed by atoms with Gasteiger partial charge in [0, 0.05) is 10.6 Å². The Balaban J connectivity index is 1.64. The van der Waals surface area contributed by atoms with Gasteiger partial charge in [0.05, 0.1) is 11.6 Å². The Bertz CT molecular complexity index is 1030. The first-order chi connectivity index (χ1) is 14.9. The molecule has 31 heavy (non-hydrogen) atoms. The Hall–Kier alpha value is -2.24. The van der Waals surface area contributed by atoms with Gasteiger partial charge in [-0.05, 0) is 76.3 Å². The first-order valence-electron chi connectivity index (χ1n) is 11.6. The smallest absolute Gasteiger partial charge is 0.0991 e. The van der Waals surface area contributed by atoms with Crippen LogP contribution in [-0.2, 0) is 0 Å². The van der Waals surface area contributed by atoms with E-state index in [1.165, 1.54) is 34.3 Å². The second kappa shape index (κ2) is 10.9. The highest BCUT2D eigenvalue weighted by atomic mass is 32.2. The van der Waals surface area contributed by atoms with Crippen LogP contribution in [0.25, 0.3) is 10.8 Å². The highest BCUT2D eigenvalue weighted by Crippen LogP contribution is 2.34. The van der Waals surface area contributed by atoms with Gasteiger partial charge in [-0.2, -0.15) is 5.26 Å². The summed E-state index contributed by atoms with van der Waals surface area (Å²) in [6.45, 7) is 11.7. The minimum absolute atomic E-state index is 0.503. The number of hydrogen-bond acceptors (Lipinski definition) is 2. The molecule has 0 heterocycles. The summed E-state index contributed by atoms with van der Waals surface area (Å²) < 4.78 is 0. The first kappa shape index (κ1) is 23.4. The average Bonchev–Trinajstić information content (AvgIpc) is 2.80. The van der Waals surface area contributed by atoms with E-state index in [-0.39, 0.29) is 0 Å². The van der Waals surface area contributed by atoms with Crippen LogP contribution in [0, 0.1) is 23.2 Å². The normalized spacial score (nSPS) is 14.4. The lowest BCUT2D eigenvalue weighted by Crippen LogP contribution is -2.11. The summed E-state index contributed by atoms with van der Waals surface area (Å²) in [4.78, 5) is 1.29. The van der Waals surface area contributed by atoms with E-state index >= 15 is 0 Å². The number of fused-ring (bicyclic) bond motifs is 1. The standard InChI is InChI=1S/C29H35NS/c1-6-21(4)15-29(20(2)3)25-11-9-24(10-12-25)22(5)19-31-28-14-13-26-16-23(18-30)7-8-27(26)17-28/h7-14,16-17,20-22,29H,6,15,19H2,1-5H3. The number of thioether (sulfide) groups is 1. The number of nitriles is 1. The van der Waals surface area contributed by atoms with Gasteiger partial charge in [-0.25, -0.2) is 0 Å². The van der Waals surface area contributed by atoms with Crippen LogP contribution >= 0.6 is 11.8 Å². The lowest BCUT2D eigenvalue weighted by Gasteiger charge is -2.25. The van der Waals surface area contributed by atoms with Crippen molar-refractivity contribution >= 4 is 22.5 Å². The molecule has 3 aromatic rings. The van der Waals surface area contributed by atoms with Crippen LogP contribution in [0.15, 0.2) is 65.6 Å². The van der Waals surface area contributed by atoms with Crippen LogP contribution in [0.4, 0.5) is 0 Å². The van der Waals surface area contributed by atoms with Crippen molar-refractivity contribution in [1.29, 1.82) is 5.26 Å². The number of benzene rings is 3. The van der Waals surface area contributed by atoms with E-state index in [0.717, 1.165) is 17.1 Å². The Morgan fingerprint density at radius 3 is 2.13 bits per heavy atom. The van der Waals surface area contributed by atoms with Gasteiger partial charge in [-0.1, -0.05) is 77.4 Å². The van der Waals surface area contributed by atoms with Crippen molar-refractivity contribution in [2.24, 2.45) is 11.8 Å². The third-order valence-corrected chi connectivity index (χ3v) is 7.79. The van der Waals surface area contributed by atoms with E-state index in [2.05, 4.69) is 83.2 Å². The second-order valence-corrected chi connectivity index (χ2v) is 10.4. The number of nitrogens with zero attached hydrogens (tertiary/aromatic N) is 1. The molecule has 3 rings (SSSR count). The zero-order valence-electron chi connectivity index (χ0n) is 19.6. The molecule has 0 aliphatic heterocycles. The molecule has 0 saturated heterocycles. The monoisotopic (exact) mass is 429 g/mol. The summed E-state index contributed by atoms with van der Waals surface area (Å²) in [5.41, 5.74) is 3.63. The van der Waals surface area contributed by atoms with E-state index in [1.807, 2.05) is 30.0 Å². The summed E-state index contributed by atoms with van der Waals surface area (Å²) in [6, 6.07) is 24.1. The second-order valence-electron chi connectivity index (χ2n) is 9.31. The van der Waals surface area contributed by atoms with Crippen molar-refractivity contribution in [3.8, 4) is 6.07 Å². The Morgan fingerprint density at radius 1 is 0.839 bits per heavy atom. The third-order valence-electron chi connectivity index (χ3n) is 6.53. The molecule has 0 fully saturated rings. The topological polar surface area (TPSA) is 23.8 Å². The molecule has 0 aliphatic rings. The van der Waals surface area contributed by atoms with Crippen LogP contribution in [0.5, 0.6) is 0 Å². The summed E-state index contributed by atoms with van der Waals surface area (Å²) >= 11 is 1.91. The van der Waals surface area contributed by atoms with Gasteiger partial charge in [-0.3, -0.25) is 0 Å². The van der Waals surface area contributed by atoms with Crippen LogP contribution < -0.4 is 0 Å². The predicted molar refractivity (Wildman–Crippen MR) is 136 cm³/mol. The zero-order chi connectivity index (χ0) is 22.4. The van der Waals surface area contributed by atoms with Gasteiger partial charge < -0.3 is 0 Å². The molecule has 3 atom stereocenters. The van der Waals surface area contributed by atoms with Crippen molar-refractivity contribution in [3.63, 3.8) is 0 Å². The van der Waals surface area contributed by atoms with E-state index in [4.69, 9.17) is 5.26 Å². The maximum absolute atomic E-state index is 9.08. The highest BCUT2D eigenvalue weighted by Gasteiger charge is 2.18. The fraction of sp³-hybridized carbons (Fsp3) is 0.414. The van der Waals surface area contributed by atoms with Gasteiger partial charge in [0.15, 0.2) is 0 Å². The molecular weight excluding hydrogens is 394 g/mol. The quantitative estimate of drug-likeness (QED) is 0.317. The molecule has 0 amide bonds. The lowest BCUT2D eigenvalue weighted by atomic mass is 9.80. The average molecular weight is 430 g/mol. The van der Waals surface area contributed by atoms with Crippen LogP contribution in [0.2, 0.25) is 0 Å². The molecule has 3 unspecified atom stereocenters. The third kappa shape index (κ3) is 6.14. The molecular formula is C29H35NS. The van der Waals surface area contributed by atoms with Gasteiger partial charge in [-0.15, -0.1) is 11.8 Å². The van der Waals surface area contributed by atoms with Crippen LogP contribution in [0.1, 0.15) is 76.0 Å². The summed E-state index contributed by atoms with van der Waals surface area (Å²) in [5, 5.41) is 11.4. The Kier molecular flexibility index (Phi) is 8.22. The molecule has 0 aromatic heterocycles. The van der Waals surface area contributed by atoms with Gasteiger partial charge in [0.25, 0.3) is 0 Å². The van der Waals surface area contributed by atoms with E-state index in [1.54, 1.807) is 0 Å². The van der Waals surface area contributed by atoms with Crippen LogP contribution in [0.3, 0.4) is 0 Å². The Morgan fingerprint density at radius 2 is 1.48 bits per heavy atom. The summed E-state index contributed by atoms with van der Waals surface area (Å²) in [7, 11) is 0. The van der Waals surface area contributed by atoms with Crippen molar-refractivity contribution in [2.75, 3.05) is 5.75 Å². The van der Waals surface area contributed by atoms with Gasteiger partial charge in [0.2, 0.25) is 0 Å². The van der Waals surface area contributed by atoms with E-state index in [9.17, 15) is 0 Å². The molecule has 0 bridgehead atoms. The molecule has 2 heteroatoms. The molecule has 1 nitrogen and oxygen atoms in total. The molecule has 0 saturated carbocycles. The molecule has 0 aliphatic carbocycles. The molecule has 0 N–H and O–H groups in total. The molecule has 162 valence electrons. The molecule has 0 radical (unpaired) electrons. The van der Waals surface area contributed by atoms with Crippen molar-refractivity contribution in [1.82, 2.24) is 0 Å². The van der Waals surface area contributed by atoms with Crippen LogP contribution in [-0.4, -0.2) is 5.75 Å². The maximum Gasteiger partial charge on any atom is 0.0991 e. The SMILES string of the molecule is CCC(C)CC(c1ccc(C(C)CSc2ccc3cc(C#N)ccc3c2)cc1)C(C)C. The predicted octanol–water partition coefficient (Wildman–Crippen LogP) is 8.78. The molecule has 0 spiro atoms. The number of rotatable bonds is 9. The fourth-order valence-electron chi connectivity index (χ4n) is 4.17. The lowest BCUT2D eigenvalue weighted by molar-refractivity contribution is 0.384. The van der Waals surface area contributed by atoms with Crippen molar-refractivity contribution in [2.45, 2.75) is 64.2 Å². The van der Waals surface area contributed by atoms with Gasteiger partial charge in [0.1, 0.15) is 0 Å². The summed E-state index contributed by atoms with van der Waals surface area (Å²) in [6.07, 6.45) is 2.53. The summed E-state index contributed by atoms with van der Waals surface area (Å²) in [5.74, 6) is 3.65. The highest BCUT2D eigenvalue weighted by molar-refractivity contribution is 7.99. The fourth-order valence-corrected chi connectivity index (χ4v) is 5.18. The minimum Gasteiger partial charge on any atom is -0.192 e. The van der Waals surface area contributed by atoms with Crippen molar-refractivity contribution < 1.29 is 0 Å². The number of hydrogen-bond donors (Lipinski definition) is 0. The van der Waals surface area contributed by atoms with E-state index < -0.39 is 0 Å². The van der Waals surface area contributed by atoms with E-state index in [0.29, 0.717) is 23.3 Å². The first-order valence-corrected chi connectivity index (χ1v) is 12.6. The minimum atomic E-state index is 0.503. The zero-order valence-corrected chi connectivity index (χ0v) is 20.4. The van der Waals surface area contributed by atoms with Gasteiger partial charge >= 0.3 is 0 Å². The van der Waals surface area contributed by atoms with Crippen molar-refractivity contribution in [3.05, 3.63) is 77.4 Å². The largest absolute Gasteiger partial charge is 0.192 e. The molecule has 3 aromatic carbocycles.